The highest BCUT2D eigenvalue weighted by Crippen LogP contribution is 2.50. The fraction of sp³-hybridized carbons (Fsp3) is 0.267. The van der Waals surface area contributed by atoms with Crippen LogP contribution < -0.4 is 20.7 Å². The zero-order valence-electron chi connectivity index (χ0n) is 24.1. The van der Waals surface area contributed by atoms with Gasteiger partial charge in [0.15, 0.2) is 10.4 Å². The molecule has 4 N–H and O–H groups in total. The smallest absolute Gasteiger partial charge is 0.326 e. The molecule has 3 aromatic rings. The standard InChI is InChI=1S/C30H29ClF3IN6O4S/c31-23-10-8-22(9-11-23)29(14-15-29)40-26-35-27(45-19-30(32,33)34)39-28(38-26)37-24-12-6-21(7-13-24)25(42)41-46(43,44)17-16-36-18-20-4-2-1-3-5-20/h1-13,36H,14-19H2,(H,41,42)(H2,37,38,39,40). The third kappa shape index (κ3) is 10.1. The number of carbonyl (C=O) groups is 1. The summed E-state index contributed by atoms with van der Waals surface area (Å²) in [7, 11) is -3.90. The third-order valence-corrected chi connectivity index (χ3v) is 10.3. The van der Waals surface area contributed by atoms with Crippen LogP contribution in [0.5, 0.6) is 0 Å². The van der Waals surface area contributed by atoms with E-state index in [9.17, 15) is 26.4 Å². The highest BCUT2D eigenvalue weighted by atomic mass is 127. The fourth-order valence-corrected chi connectivity index (χ4v) is 7.43. The number of sulfonamides is 1. The predicted molar refractivity (Wildman–Crippen MR) is 181 cm³/mol. The average Bonchev–Trinajstić information content (AvgIpc) is 3.79. The molecule has 1 aliphatic heterocycles. The van der Waals surface area contributed by atoms with Gasteiger partial charge in [-0.05, 0) is 60.4 Å². The molecule has 1 saturated carbocycles. The summed E-state index contributed by atoms with van der Waals surface area (Å²) < 4.78 is 71.1. The van der Waals surface area contributed by atoms with Crippen LogP contribution in [0.25, 0.3) is 0 Å². The van der Waals surface area contributed by atoms with Gasteiger partial charge in [-0.2, -0.15) is 18.2 Å². The Labute approximate surface area is 278 Å². The molecule has 2 aliphatic rings. The van der Waals surface area contributed by atoms with Crippen LogP contribution >= 0.6 is 32.3 Å². The maximum atomic E-state index is 12.9. The summed E-state index contributed by atoms with van der Waals surface area (Å²) in [5.41, 5.74) is 1.98. The van der Waals surface area contributed by atoms with Gasteiger partial charge in [-0.1, -0.05) is 54.1 Å². The van der Waals surface area contributed by atoms with Crippen molar-refractivity contribution in [2.75, 3.05) is 24.2 Å². The van der Waals surface area contributed by atoms with Gasteiger partial charge in [0.1, 0.15) is 0 Å². The van der Waals surface area contributed by atoms with Crippen molar-refractivity contribution in [3.05, 3.63) is 101 Å². The van der Waals surface area contributed by atoms with Gasteiger partial charge in [-0.25, -0.2) is 13.1 Å². The minimum atomic E-state index is -4.54. The molecular formula is C30H29ClF3IN6O4S. The van der Waals surface area contributed by atoms with Crippen molar-refractivity contribution in [2.24, 2.45) is 9.98 Å². The van der Waals surface area contributed by atoms with Gasteiger partial charge in [0, 0.05) is 50.1 Å². The zero-order chi connectivity index (χ0) is 32.8. The summed E-state index contributed by atoms with van der Waals surface area (Å²) >= 11 is 4.75. The molecule has 0 aromatic heterocycles. The van der Waals surface area contributed by atoms with E-state index in [1.54, 1.807) is 12.1 Å². The lowest BCUT2D eigenvalue weighted by atomic mass is 10.1. The van der Waals surface area contributed by atoms with Gasteiger partial charge in [-0.3, -0.25) is 9.79 Å². The Morgan fingerprint density at radius 3 is 2.39 bits per heavy atom. The first-order valence-corrected chi connectivity index (χ1v) is 18.2. The molecule has 46 heavy (non-hydrogen) atoms. The lowest BCUT2D eigenvalue weighted by molar-refractivity contribution is -0.155. The Hall–Kier alpha value is -3.38. The normalized spacial score (nSPS) is 16.8. The van der Waals surface area contributed by atoms with Crippen molar-refractivity contribution in [2.45, 2.75) is 31.1 Å². The lowest BCUT2D eigenvalue weighted by Gasteiger charge is -2.20. The van der Waals surface area contributed by atoms with Gasteiger partial charge in [0.05, 0.1) is 11.3 Å². The molecule has 1 amide bonds. The lowest BCUT2D eigenvalue weighted by Crippen LogP contribution is -2.38. The van der Waals surface area contributed by atoms with Crippen molar-refractivity contribution in [3.63, 3.8) is 0 Å². The predicted octanol–water partition coefficient (Wildman–Crippen LogP) is 5.24. The van der Waals surface area contributed by atoms with Gasteiger partial charge >= 0.3 is 6.18 Å². The second-order valence-electron chi connectivity index (χ2n) is 10.4. The molecule has 0 bridgehead atoms. The monoisotopic (exact) mass is 788 g/mol. The molecule has 1 heterocycles. The topological polar surface area (TPSA) is 133 Å². The van der Waals surface area contributed by atoms with Crippen LogP contribution in [0.4, 0.5) is 18.9 Å². The summed E-state index contributed by atoms with van der Waals surface area (Å²) in [6.07, 6.45) is -3.00. The number of carbonyl (C=O) groups excluding carboxylic acids is 1. The molecule has 1 aliphatic carbocycles. The van der Waals surface area contributed by atoms with E-state index in [4.69, 9.17) is 21.3 Å². The number of hydrogen-bond acceptors (Lipinski definition) is 8. The Bertz CT molecular complexity index is 1750. The number of amidine groups is 1. The minimum Gasteiger partial charge on any atom is -0.326 e. The van der Waals surface area contributed by atoms with Crippen molar-refractivity contribution in [1.29, 1.82) is 0 Å². The molecule has 0 radical (unpaired) electrons. The SMILES string of the molecule is O=C(NS(=O)(=O)CCNCc1ccccc1)c1ccc(NC2=NC(OCC(F)(F)F)=IC(=NC3(c4ccc(Cl)cc4)CC3)N2)cc1. The van der Waals surface area contributed by atoms with Crippen LogP contribution in [0, 0.1) is 0 Å². The maximum absolute atomic E-state index is 12.9. The Kier molecular flexibility index (Phi) is 10.8. The highest BCUT2D eigenvalue weighted by Gasteiger charge is 2.45. The number of anilines is 1. The van der Waals surface area contributed by atoms with Crippen LogP contribution in [-0.2, 0) is 26.8 Å². The number of benzene rings is 3. The summed E-state index contributed by atoms with van der Waals surface area (Å²) in [4.78, 5) is 21.7. The van der Waals surface area contributed by atoms with Gasteiger partial charge in [0.2, 0.25) is 19.8 Å². The second kappa shape index (κ2) is 14.6. The molecule has 10 nitrogen and oxygen atoms in total. The van der Waals surface area contributed by atoms with E-state index in [-0.39, 0.29) is 27.6 Å². The molecule has 16 heteroatoms. The van der Waals surface area contributed by atoms with E-state index < -0.39 is 55.0 Å². The van der Waals surface area contributed by atoms with Crippen LogP contribution in [0.15, 0.2) is 88.8 Å². The number of ether oxygens (including phenoxy) is 1. The summed E-state index contributed by atoms with van der Waals surface area (Å²) in [5, 5.41) is 9.66. The van der Waals surface area contributed by atoms with Crippen molar-refractivity contribution < 1.29 is 31.1 Å². The maximum Gasteiger partial charge on any atom is 0.412 e. The highest BCUT2D eigenvalue weighted by molar-refractivity contribution is 14.2. The molecule has 5 rings (SSSR count). The molecule has 3 aromatic carbocycles. The Balaban J connectivity index is 1.21. The summed E-state index contributed by atoms with van der Waals surface area (Å²) in [6.45, 7) is -0.843. The van der Waals surface area contributed by atoms with Gasteiger partial charge < -0.3 is 20.7 Å². The molecular weight excluding hydrogens is 760 g/mol. The molecule has 0 unspecified atom stereocenters. The summed E-state index contributed by atoms with van der Waals surface area (Å²) in [6, 6.07) is 22.6. The van der Waals surface area contributed by atoms with E-state index in [0.717, 1.165) is 24.0 Å². The molecule has 1 fully saturated rings. The van der Waals surface area contributed by atoms with E-state index in [1.807, 2.05) is 42.5 Å². The summed E-state index contributed by atoms with van der Waals surface area (Å²) in [5.74, 6) is -0.996. The van der Waals surface area contributed by atoms with Crippen LogP contribution in [0.3, 0.4) is 0 Å². The zero-order valence-corrected chi connectivity index (χ0v) is 27.8. The van der Waals surface area contributed by atoms with E-state index in [0.29, 0.717) is 21.1 Å². The van der Waals surface area contributed by atoms with Crippen LogP contribution in [0.2, 0.25) is 5.02 Å². The van der Waals surface area contributed by atoms with E-state index in [1.165, 1.54) is 24.3 Å². The first-order valence-electron chi connectivity index (χ1n) is 14.0. The Morgan fingerprint density at radius 2 is 1.74 bits per heavy atom. The third-order valence-electron chi connectivity index (χ3n) is 6.74. The Morgan fingerprint density at radius 1 is 1.04 bits per heavy atom. The second-order valence-corrected chi connectivity index (χ2v) is 15.2. The van der Waals surface area contributed by atoms with Gasteiger partial charge in [0.25, 0.3) is 5.91 Å². The number of alkyl halides is 3. The number of rotatable bonds is 12. The number of hydrogen-bond donors (Lipinski definition) is 4. The number of nitrogens with zero attached hydrogens (tertiary/aromatic N) is 2. The first-order chi connectivity index (χ1) is 21.9. The van der Waals surface area contributed by atoms with Crippen molar-refractivity contribution >= 4 is 67.6 Å². The van der Waals surface area contributed by atoms with Crippen LogP contribution in [-0.4, -0.2) is 53.0 Å². The number of aliphatic imine (C=N–C) groups is 2. The first kappa shape index (κ1) is 34.0. The molecule has 0 saturated heterocycles. The van der Waals surface area contributed by atoms with Gasteiger partial charge in [-0.15, -0.1) is 0 Å². The minimum absolute atomic E-state index is 0.0671. The largest absolute Gasteiger partial charge is 0.412 e. The number of halogens is 5. The number of amides is 1. The molecule has 244 valence electrons. The quantitative estimate of drug-likeness (QED) is 0.112. The number of nitrogens with one attached hydrogen (secondary N) is 4. The van der Waals surface area contributed by atoms with E-state index in [2.05, 4.69) is 25.7 Å². The molecule has 0 spiro atoms. The fourth-order valence-electron chi connectivity index (χ4n) is 4.30. The van der Waals surface area contributed by atoms with Crippen LogP contribution in [0.1, 0.15) is 34.3 Å². The average molecular weight is 789 g/mol. The number of guanidine groups is 1. The van der Waals surface area contributed by atoms with E-state index >= 15 is 0 Å². The van der Waals surface area contributed by atoms with Crippen molar-refractivity contribution in [3.8, 4) is 0 Å². The molecule has 0 atom stereocenters. The van der Waals surface area contributed by atoms with Crippen molar-refractivity contribution in [1.82, 2.24) is 15.4 Å².